The van der Waals surface area contributed by atoms with Gasteiger partial charge in [-0.2, -0.15) is 5.10 Å². The molecule has 0 amide bonds. The minimum Gasteiger partial charge on any atom is -0.267 e. The Hall–Kier alpha value is -1.82. The molecule has 0 aliphatic carbocycles. The quantitative estimate of drug-likeness (QED) is 0.900. The van der Waals surface area contributed by atoms with Crippen LogP contribution in [0.1, 0.15) is 5.56 Å². The zero-order valence-electron chi connectivity index (χ0n) is 9.58. The second kappa shape index (κ2) is 4.21. The summed E-state index contributed by atoms with van der Waals surface area (Å²) >= 11 is 0. The van der Waals surface area contributed by atoms with E-state index >= 15 is 0 Å². The number of aryl methyl sites for hydroxylation is 1. The number of aromatic nitrogens is 2. The fraction of sp³-hybridized carbons (Fsp3) is 0.182. The van der Waals surface area contributed by atoms with Crippen molar-refractivity contribution >= 4 is 15.8 Å². The predicted molar refractivity (Wildman–Crippen MR) is 66.8 cm³/mol. The van der Waals surface area contributed by atoms with Crippen molar-refractivity contribution in [3.8, 4) is 5.69 Å². The lowest BCUT2D eigenvalue weighted by Crippen LogP contribution is -2.14. The Balaban J connectivity index is 2.50. The summed E-state index contributed by atoms with van der Waals surface area (Å²) in [5.41, 5.74) is 1.59. The molecule has 0 bridgehead atoms. The van der Waals surface area contributed by atoms with Crippen molar-refractivity contribution in [2.75, 3.05) is 11.0 Å². The van der Waals surface area contributed by atoms with Crippen LogP contribution in [-0.4, -0.2) is 24.5 Å². The number of para-hydroxylation sites is 1. The number of nitrogens with one attached hydrogen (secondary N) is 1. The fourth-order valence-electron chi connectivity index (χ4n) is 1.49. The molecular weight excluding hydrogens is 238 g/mol. The first kappa shape index (κ1) is 11.7. The molecule has 0 saturated carbocycles. The number of hydrogen-bond acceptors (Lipinski definition) is 3. The van der Waals surface area contributed by atoms with E-state index in [1.807, 2.05) is 30.3 Å². The van der Waals surface area contributed by atoms with Gasteiger partial charge in [-0.05, 0) is 19.1 Å². The predicted octanol–water partition coefficient (Wildman–Crippen LogP) is 1.55. The summed E-state index contributed by atoms with van der Waals surface area (Å²) < 4.78 is 26.6. The lowest BCUT2D eigenvalue weighted by Gasteiger charge is -2.09. The van der Waals surface area contributed by atoms with E-state index < -0.39 is 10.0 Å². The lowest BCUT2D eigenvalue weighted by molar-refractivity contribution is 0.606. The first-order valence-corrected chi connectivity index (χ1v) is 6.94. The summed E-state index contributed by atoms with van der Waals surface area (Å²) in [6.07, 6.45) is 2.75. The molecule has 0 aliphatic rings. The van der Waals surface area contributed by atoms with E-state index in [2.05, 4.69) is 9.82 Å². The Labute approximate surface area is 100 Å². The summed E-state index contributed by atoms with van der Waals surface area (Å²) in [7, 11) is -3.31. The van der Waals surface area contributed by atoms with Gasteiger partial charge in [0.05, 0.1) is 18.1 Å². The van der Waals surface area contributed by atoms with Gasteiger partial charge in [0.25, 0.3) is 0 Å². The van der Waals surface area contributed by atoms with Gasteiger partial charge in [0.2, 0.25) is 10.0 Å². The van der Waals surface area contributed by atoms with Gasteiger partial charge in [0.15, 0.2) is 0 Å². The minimum atomic E-state index is -3.31. The minimum absolute atomic E-state index is 0.471. The largest absolute Gasteiger partial charge is 0.267 e. The van der Waals surface area contributed by atoms with Crippen LogP contribution < -0.4 is 4.72 Å². The summed E-state index contributed by atoms with van der Waals surface area (Å²) in [4.78, 5) is 0. The highest BCUT2D eigenvalue weighted by atomic mass is 32.2. The molecule has 1 aromatic carbocycles. The van der Waals surface area contributed by atoms with Crippen LogP contribution in [-0.2, 0) is 10.0 Å². The van der Waals surface area contributed by atoms with E-state index in [-0.39, 0.29) is 0 Å². The van der Waals surface area contributed by atoms with Crippen molar-refractivity contribution in [2.45, 2.75) is 6.92 Å². The monoisotopic (exact) mass is 251 g/mol. The Morgan fingerprint density at radius 1 is 1.24 bits per heavy atom. The molecule has 0 atom stereocenters. The highest BCUT2D eigenvalue weighted by Crippen LogP contribution is 2.19. The number of nitrogens with zero attached hydrogens (tertiary/aromatic N) is 2. The van der Waals surface area contributed by atoms with Gasteiger partial charge >= 0.3 is 0 Å². The maximum Gasteiger partial charge on any atom is 0.230 e. The third kappa shape index (κ3) is 2.65. The maximum atomic E-state index is 11.3. The maximum absolute atomic E-state index is 11.3. The molecule has 0 aliphatic heterocycles. The van der Waals surface area contributed by atoms with Crippen molar-refractivity contribution in [3.05, 3.63) is 42.1 Å². The van der Waals surface area contributed by atoms with Crippen LogP contribution in [0.5, 0.6) is 0 Å². The number of rotatable bonds is 3. The molecule has 0 saturated heterocycles. The number of hydrogen-bond donors (Lipinski definition) is 1. The summed E-state index contributed by atoms with van der Waals surface area (Å²) in [6.45, 7) is 1.81. The molecule has 5 nitrogen and oxygen atoms in total. The fourth-order valence-corrected chi connectivity index (χ4v) is 2.09. The molecule has 0 spiro atoms. The van der Waals surface area contributed by atoms with Crippen LogP contribution in [0.4, 0.5) is 5.82 Å². The van der Waals surface area contributed by atoms with Crippen LogP contribution in [0.2, 0.25) is 0 Å². The van der Waals surface area contributed by atoms with Gasteiger partial charge in [-0.3, -0.25) is 4.72 Å². The van der Waals surface area contributed by atoms with Gasteiger partial charge in [-0.1, -0.05) is 18.2 Å². The molecule has 2 aromatic rings. The third-order valence-corrected chi connectivity index (χ3v) is 2.80. The molecule has 0 unspecified atom stereocenters. The topological polar surface area (TPSA) is 64.0 Å². The normalized spacial score (nSPS) is 11.4. The molecule has 90 valence electrons. The van der Waals surface area contributed by atoms with Crippen molar-refractivity contribution in [1.29, 1.82) is 0 Å². The molecule has 1 aromatic heterocycles. The number of sulfonamides is 1. The second-order valence-electron chi connectivity index (χ2n) is 3.80. The van der Waals surface area contributed by atoms with Crippen molar-refractivity contribution < 1.29 is 8.42 Å². The van der Waals surface area contributed by atoms with Gasteiger partial charge < -0.3 is 0 Å². The molecule has 6 heteroatoms. The Morgan fingerprint density at radius 2 is 1.88 bits per heavy atom. The smallest absolute Gasteiger partial charge is 0.230 e. The van der Waals surface area contributed by atoms with Crippen LogP contribution in [0, 0.1) is 6.92 Å². The van der Waals surface area contributed by atoms with E-state index in [1.165, 1.54) is 0 Å². The van der Waals surface area contributed by atoms with Crippen LogP contribution in [0.25, 0.3) is 5.69 Å². The Bertz CT molecular complexity index is 617. The second-order valence-corrected chi connectivity index (χ2v) is 5.55. The average molecular weight is 251 g/mol. The third-order valence-electron chi connectivity index (χ3n) is 2.24. The zero-order valence-corrected chi connectivity index (χ0v) is 10.4. The van der Waals surface area contributed by atoms with Crippen molar-refractivity contribution in [1.82, 2.24) is 9.78 Å². The van der Waals surface area contributed by atoms with E-state index in [9.17, 15) is 8.42 Å². The molecule has 2 rings (SSSR count). The first-order valence-electron chi connectivity index (χ1n) is 5.05. The van der Waals surface area contributed by atoms with Crippen molar-refractivity contribution in [2.24, 2.45) is 0 Å². The van der Waals surface area contributed by atoms with E-state index in [1.54, 1.807) is 17.8 Å². The standard InChI is InChI=1S/C11H13N3O2S/c1-9-8-12-14(10-6-4-3-5-7-10)11(9)13-17(2,15)16/h3-8,13H,1-2H3. The molecule has 1 N–H and O–H groups in total. The molecular formula is C11H13N3O2S. The summed E-state index contributed by atoms with van der Waals surface area (Å²) in [6, 6.07) is 9.36. The lowest BCUT2D eigenvalue weighted by atomic mass is 10.3. The molecule has 1 heterocycles. The van der Waals surface area contributed by atoms with Gasteiger partial charge in [-0.25, -0.2) is 13.1 Å². The Morgan fingerprint density at radius 3 is 2.47 bits per heavy atom. The average Bonchev–Trinajstić information content (AvgIpc) is 2.60. The van der Waals surface area contributed by atoms with E-state index in [0.717, 1.165) is 17.5 Å². The van der Waals surface area contributed by atoms with E-state index in [4.69, 9.17) is 0 Å². The van der Waals surface area contributed by atoms with Crippen LogP contribution >= 0.6 is 0 Å². The highest BCUT2D eigenvalue weighted by Gasteiger charge is 2.12. The zero-order chi connectivity index (χ0) is 12.5. The molecule has 17 heavy (non-hydrogen) atoms. The van der Waals surface area contributed by atoms with Crippen LogP contribution in [0.15, 0.2) is 36.5 Å². The first-order chi connectivity index (χ1) is 7.97. The number of anilines is 1. The van der Waals surface area contributed by atoms with Crippen molar-refractivity contribution in [3.63, 3.8) is 0 Å². The highest BCUT2D eigenvalue weighted by molar-refractivity contribution is 7.92. The summed E-state index contributed by atoms with van der Waals surface area (Å²) in [5, 5.41) is 4.16. The van der Waals surface area contributed by atoms with Gasteiger partial charge in [0, 0.05) is 5.56 Å². The SMILES string of the molecule is Cc1cnn(-c2ccccc2)c1NS(C)(=O)=O. The van der Waals surface area contributed by atoms with Gasteiger partial charge in [0.1, 0.15) is 5.82 Å². The summed E-state index contributed by atoms with van der Waals surface area (Å²) in [5.74, 6) is 0.471. The van der Waals surface area contributed by atoms with Gasteiger partial charge in [-0.15, -0.1) is 0 Å². The Kier molecular flexibility index (Phi) is 2.89. The van der Waals surface area contributed by atoms with Crippen LogP contribution in [0.3, 0.4) is 0 Å². The molecule has 0 radical (unpaired) electrons. The van der Waals surface area contributed by atoms with E-state index in [0.29, 0.717) is 5.82 Å². The number of benzene rings is 1. The molecule has 0 fully saturated rings.